The van der Waals surface area contributed by atoms with E-state index in [9.17, 15) is 0 Å². The van der Waals surface area contributed by atoms with E-state index in [1.165, 1.54) is 3.58 Å². The second-order valence-corrected chi connectivity index (χ2v) is 2.58. The third kappa shape index (κ3) is 2.85. The van der Waals surface area contributed by atoms with E-state index < -0.39 is 0 Å². The largest absolute Gasteiger partial charge is 0.0951 e. The quantitative estimate of drug-likeness (QED) is 0.459. The molecular formula is C6H9I. The van der Waals surface area contributed by atoms with Crippen LogP contribution in [-0.2, 0) is 0 Å². The first-order valence-electron chi connectivity index (χ1n) is 2.16. The monoisotopic (exact) mass is 208 g/mol. The van der Waals surface area contributed by atoms with Crippen LogP contribution in [0.4, 0.5) is 0 Å². The van der Waals surface area contributed by atoms with Gasteiger partial charge in [0.2, 0.25) is 0 Å². The maximum absolute atomic E-state index is 3.75. The van der Waals surface area contributed by atoms with Gasteiger partial charge in [0.15, 0.2) is 0 Å². The lowest BCUT2D eigenvalue weighted by Gasteiger charge is -1.89. The summed E-state index contributed by atoms with van der Waals surface area (Å²) >= 11 is 2.26. The Morgan fingerprint density at radius 1 is 1.71 bits per heavy atom. The highest BCUT2D eigenvalue weighted by atomic mass is 127. The molecule has 0 spiro atoms. The van der Waals surface area contributed by atoms with Crippen molar-refractivity contribution in [1.82, 2.24) is 0 Å². The van der Waals surface area contributed by atoms with Crippen molar-refractivity contribution >= 4 is 22.6 Å². The lowest BCUT2D eigenvalue weighted by molar-refractivity contribution is 1.52. The highest BCUT2D eigenvalue weighted by molar-refractivity contribution is 14.1. The topological polar surface area (TPSA) is 0 Å². The molecule has 0 fully saturated rings. The molecule has 0 saturated heterocycles. The van der Waals surface area contributed by atoms with E-state index in [4.69, 9.17) is 0 Å². The fourth-order valence-corrected chi connectivity index (χ4v) is 0.246. The molecule has 0 heterocycles. The summed E-state index contributed by atoms with van der Waals surface area (Å²) in [5.74, 6) is 0. The Balaban J connectivity index is 3.82. The number of allylic oxidation sites excluding steroid dienone is 3. The Labute approximate surface area is 58.4 Å². The molecule has 1 heteroatoms. The average Bonchev–Trinajstić information content (AvgIpc) is 1.65. The molecule has 0 nitrogen and oxygen atoms in total. The van der Waals surface area contributed by atoms with Crippen molar-refractivity contribution in [3.05, 3.63) is 21.8 Å². The van der Waals surface area contributed by atoms with E-state index in [1.807, 2.05) is 19.9 Å². The number of hydrogen-bond donors (Lipinski definition) is 0. The van der Waals surface area contributed by atoms with Gasteiger partial charge in [-0.25, -0.2) is 0 Å². The normalized spacial score (nSPS) is 11.6. The van der Waals surface area contributed by atoms with E-state index in [0.29, 0.717) is 0 Å². The van der Waals surface area contributed by atoms with E-state index in [-0.39, 0.29) is 0 Å². The minimum absolute atomic E-state index is 1.14. The Kier molecular flexibility index (Phi) is 3.34. The van der Waals surface area contributed by atoms with Crippen molar-refractivity contribution in [2.75, 3.05) is 0 Å². The molecule has 0 aromatic heterocycles. The first-order valence-corrected chi connectivity index (χ1v) is 3.24. The van der Waals surface area contributed by atoms with E-state index in [0.717, 1.165) is 5.57 Å². The predicted molar refractivity (Wildman–Crippen MR) is 42.6 cm³/mol. The molecule has 40 valence electrons. The fourth-order valence-electron chi connectivity index (χ4n) is 0.246. The van der Waals surface area contributed by atoms with Crippen LogP contribution < -0.4 is 0 Å². The summed E-state index contributed by atoms with van der Waals surface area (Å²) < 4.78 is 1.25. The summed E-state index contributed by atoms with van der Waals surface area (Å²) in [6.07, 6.45) is 2.04. The summed E-state index contributed by atoms with van der Waals surface area (Å²) in [5, 5.41) is 0. The van der Waals surface area contributed by atoms with Gasteiger partial charge in [0.1, 0.15) is 0 Å². The van der Waals surface area contributed by atoms with Gasteiger partial charge in [-0.05, 0) is 42.0 Å². The Morgan fingerprint density at radius 3 is 2.14 bits per heavy atom. The molecule has 0 aliphatic rings. The van der Waals surface area contributed by atoms with E-state index in [2.05, 4.69) is 29.2 Å². The molecule has 0 unspecified atom stereocenters. The SMILES string of the molecule is C=C(C)/C(I)=C/C. The molecule has 0 radical (unpaired) electrons. The summed E-state index contributed by atoms with van der Waals surface area (Å²) in [6, 6.07) is 0. The number of halogens is 1. The van der Waals surface area contributed by atoms with Crippen molar-refractivity contribution in [3.63, 3.8) is 0 Å². The zero-order chi connectivity index (χ0) is 5.86. The molecule has 0 bridgehead atoms. The summed E-state index contributed by atoms with van der Waals surface area (Å²) in [5.41, 5.74) is 1.14. The first kappa shape index (κ1) is 7.21. The zero-order valence-corrected chi connectivity index (χ0v) is 6.82. The van der Waals surface area contributed by atoms with Crippen LogP contribution in [0.25, 0.3) is 0 Å². The minimum atomic E-state index is 1.14. The van der Waals surface area contributed by atoms with Crippen molar-refractivity contribution < 1.29 is 0 Å². The molecular weight excluding hydrogens is 199 g/mol. The molecule has 0 aromatic rings. The van der Waals surface area contributed by atoms with Gasteiger partial charge >= 0.3 is 0 Å². The summed E-state index contributed by atoms with van der Waals surface area (Å²) in [7, 11) is 0. The Hall–Kier alpha value is 0.210. The van der Waals surface area contributed by atoms with Crippen LogP contribution in [0.3, 0.4) is 0 Å². The highest BCUT2D eigenvalue weighted by Gasteiger charge is 1.83. The third-order valence-corrected chi connectivity index (χ3v) is 2.20. The minimum Gasteiger partial charge on any atom is -0.0951 e. The zero-order valence-electron chi connectivity index (χ0n) is 4.66. The van der Waals surface area contributed by atoms with Crippen LogP contribution in [0.5, 0.6) is 0 Å². The van der Waals surface area contributed by atoms with Crippen molar-refractivity contribution in [3.8, 4) is 0 Å². The van der Waals surface area contributed by atoms with Gasteiger partial charge in [0, 0.05) is 3.58 Å². The molecule has 0 rings (SSSR count). The molecule has 0 amide bonds. The van der Waals surface area contributed by atoms with Crippen LogP contribution in [-0.4, -0.2) is 0 Å². The van der Waals surface area contributed by atoms with Crippen molar-refractivity contribution in [2.24, 2.45) is 0 Å². The Morgan fingerprint density at radius 2 is 2.14 bits per heavy atom. The van der Waals surface area contributed by atoms with Crippen LogP contribution in [0.2, 0.25) is 0 Å². The molecule has 0 aromatic carbocycles. The first-order chi connectivity index (χ1) is 3.18. The fraction of sp³-hybridized carbons (Fsp3) is 0.333. The van der Waals surface area contributed by atoms with Gasteiger partial charge in [-0.2, -0.15) is 0 Å². The molecule has 0 saturated carbocycles. The number of hydrogen-bond acceptors (Lipinski definition) is 0. The van der Waals surface area contributed by atoms with Crippen LogP contribution in [0.15, 0.2) is 21.8 Å². The van der Waals surface area contributed by atoms with Gasteiger partial charge in [-0.15, -0.1) is 0 Å². The van der Waals surface area contributed by atoms with Gasteiger partial charge in [0.05, 0.1) is 0 Å². The Bertz CT molecular complexity index is 101. The number of rotatable bonds is 1. The predicted octanol–water partition coefficient (Wildman–Crippen LogP) is 2.90. The molecule has 0 atom stereocenters. The van der Waals surface area contributed by atoms with Crippen molar-refractivity contribution in [2.45, 2.75) is 13.8 Å². The van der Waals surface area contributed by atoms with Crippen molar-refractivity contribution in [1.29, 1.82) is 0 Å². The van der Waals surface area contributed by atoms with Crippen LogP contribution in [0.1, 0.15) is 13.8 Å². The van der Waals surface area contributed by atoms with Gasteiger partial charge in [-0.1, -0.05) is 12.7 Å². The van der Waals surface area contributed by atoms with Crippen LogP contribution >= 0.6 is 22.6 Å². The van der Waals surface area contributed by atoms with Gasteiger partial charge < -0.3 is 0 Å². The van der Waals surface area contributed by atoms with E-state index >= 15 is 0 Å². The maximum atomic E-state index is 3.75. The molecule has 7 heavy (non-hydrogen) atoms. The second kappa shape index (κ2) is 3.24. The molecule has 0 aliphatic heterocycles. The van der Waals surface area contributed by atoms with E-state index in [1.54, 1.807) is 0 Å². The smallest absolute Gasteiger partial charge is 0.0110 e. The standard InChI is InChI=1S/C6H9I/c1-4-6(7)5(2)3/h4H,2H2,1,3H3/b6-4-. The van der Waals surface area contributed by atoms with Gasteiger partial charge in [0.25, 0.3) is 0 Å². The lowest BCUT2D eigenvalue weighted by Crippen LogP contribution is -1.66. The molecule has 0 aliphatic carbocycles. The second-order valence-electron chi connectivity index (χ2n) is 1.42. The van der Waals surface area contributed by atoms with Crippen LogP contribution in [0, 0.1) is 0 Å². The third-order valence-electron chi connectivity index (χ3n) is 0.661. The average molecular weight is 208 g/mol. The highest BCUT2D eigenvalue weighted by Crippen LogP contribution is 2.13. The lowest BCUT2D eigenvalue weighted by atomic mass is 10.3. The molecule has 0 N–H and O–H groups in total. The summed E-state index contributed by atoms with van der Waals surface area (Å²) in [4.78, 5) is 0. The van der Waals surface area contributed by atoms with Gasteiger partial charge in [-0.3, -0.25) is 0 Å². The summed E-state index contributed by atoms with van der Waals surface area (Å²) in [6.45, 7) is 7.76. The maximum Gasteiger partial charge on any atom is 0.0110 e.